The molecule has 3 rings (SSSR count). The fourth-order valence-electron chi connectivity index (χ4n) is 2.83. The van der Waals surface area contributed by atoms with Gasteiger partial charge in [-0.05, 0) is 73.6 Å². The normalized spacial score (nSPS) is 10.1. The topological polar surface area (TPSA) is 70.2 Å². The van der Waals surface area contributed by atoms with Gasteiger partial charge >= 0.3 is 0 Å². The van der Waals surface area contributed by atoms with Gasteiger partial charge in [0.1, 0.15) is 0 Å². The minimum Gasteiger partial charge on any atom is -0.332 e. The van der Waals surface area contributed by atoms with Crippen LogP contribution in [-0.4, -0.2) is 16.9 Å². The van der Waals surface area contributed by atoms with Crippen LogP contribution in [0.3, 0.4) is 0 Å². The molecular weight excluding hydrogens is 382 g/mol. The summed E-state index contributed by atoms with van der Waals surface area (Å²) in [4.78, 5) is 24.7. The Morgan fingerprint density at radius 2 is 1.45 bits per heavy atom. The number of carbonyl (C=O) groups excluding carboxylic acids is 2. The quantitative estimate of drug-likeness (QED) is 0.553. The molecule has 3 aromatic carbocycles. The largest absolute Gasteiger partial charge is 0.332 e. The molecule has 0 spiro atoms. The average molecular weight is 404 g/mol. The Labute approximate surface area is 175 Å². The zero-order chi connectivity index (χ0) is 20.8. The highest BCUT2D eigenvalue weighted by molar-refractivity contribution is 7.80. The van der Waals surface area contributed by atoms with Crippen molar-refractivity contribution in [2.75, 3.05) is 10.6 Å². The van der Waals surface area contributed by atoms with E-state index in [-0.39, 0.29) is 16.9 Å². The third-order valence-corrected chi connectivity index (χ3v) is 4.59. The lowest BCUT2D eigenvalue weighted by Crippen LogP contribution is -2.34. The van der Waals surface area contributed by atoms with Gasteiger partial charge in [0.05, 0.1) is 0 Å². The number of anilines is 2. The number of amides is 2. The molecule has 0 aromatic heterocycles. The molecule has 29 heavy (non-hydrogen) atoms. The number of aryl methyl sites for hydroxylation is 2. The van der Waals surface area contributed by atoms with Gasteiger partial charge < -0.3 is 10.6 Å². The molecule has 0 unspecified atom stereocenters. The number of thiocarbonyl (C=S) groups is 1. The Kier molecular flexibility index (Phi) is 6.36. The summed E-state index contributed by atoms with van der Waals surface area (Å²) < 4.78 is 0. The molecule has 5 nitrogen and oxygen atoms in total. The van der Waals surface area contributed by atoms with Crippen molar-refractivity contribution in [3.05, 3.63) is 95.1 Å². The van der Waals surface area contributed by atoms with Gasteiger partial charge in [-0.15, -0.1) is 0 Å². The summed E-state index contributed by atoms with van der Waals surface area (Å²) in [5, 5.41) is 8.79. The van der Waals surface area contributed by atoms with E-state index in [0.29, 0.717) is 16.8 Å². The fraction of sp³-hybridized carbons (Fsp3) is 0.0870. The number of hydrogen-bond donors (Lipinski definition) is 3. The summed E-state index contributed by atoms with van der Waals surface area (Å²) in [5.41, 5.74) is 4.34. The van der Waals surface area contributed by atoms with Crippen molar-refractivity contribution in [3.8, 4) is 0 Å². The smallest absolute Gasteiger partial charge is 0.257 e. The summed E-state index contributed by atoms with van der Waals surface area (Å²) >= 11 is 5.25. The number of hydrogen-bond acceptors (Lipinski definition) is 3. The minimum atomic E-state index is -0.260. The lowest BCUT2D eigenvalue weighted by molar-refractivity contribution is 0.0975. The third-order valence-electron chi connectivity index (χ3n) is 4.39. The Hall–Kier alpha value is -3.51. The Balaban J connectivity index is 1.63. The Morgan fingerprint density at radius 1 is 0.759 bits per heavy atom. The van der Waals surface area contributed by atoms with Gasteiger partial charge in [-0.2, -0.15) is 0 Å². The highest BCUT2D eigenvalue weighted by Crippen LogP contribution is 2.20. The van der Waals surface area contributed by atoms with E-state index in [1.807, 2.05) is 56.3 Å². The molecular formula is C23H21N3O2S. The van der Waals surface area contributed by atoms with E-state index in [1.54, 1.807) is 30.3 Å². The van der Waals surface area contributed by atoms with Crippen LogP contribution in [0.1, 0.15) is 31.8 Å². The van der Waals surface area contributed by atoms with Gasteiger partial charge in [-0.25, -0.2) is 0 Å². The lowest BCUT2D eigenvalue weighted by Gasteiger charge is -2.13. The first kappa shape index (κ1) is 20.2. The maximum atomic E-state index is 12.4. The molecule has 3 N–H and O–H groups in total. The number of benzene rings is 3. The molecule has 0 heterocycles. The molecule has 0 saturated carbocycles. The average Bonchev–Trinajstić information content (AvgIpc) is 2.70. The van der Waals surface area contributed by atoms with Crippen LogP contribution in [0, 0.1) is 13.8 Å². The van der Waals surface area contributed by atoms with Crippen molar-refractivity contribution in [2.24, 2.45) is 0 Å². The first-order valence-corrected chi connectivity index (χ1v) is 9.50. The molecule has 146 valence electrons. The first-order chi connectivity index (χ1) is 13.9. The molecule has 2 amide bonds. The molecule has 0 aliphatic rings. The molecule has 0 aliphatic heterocycles. The van der Waals surface area contributed by atoms with Crippen LogP contribution in [0.15, 0.2) is 72.8 Å². The standard InChI is InChI=1S/C23H21N3O2S/c1-15-8-6-7-11-19(15)22(28)26-23(29)24-18-12-13-20(16(2)14-18)25-21(27)17-9-4-3-5-10-17/h3-14H,1-2H3,(H,25,27)(H2,24,26,28,29). The number of carbonyl (C=O) groups is 2. The van der Waals surface area contributed by atoms with Crippen molar-refractivity contribution in [1.29, 1.82) is 0 Å². The second kappa shape index (κ2) is 9.12. The summed E-state index contributed by atoms with van der Waals surface area (Å²) in [6.45, 7) is 3.76. The van der Waals surface area contributed by atoms with Gasteiger partial charge in [0.2, 0.25) is 0 Å². The molecule has 3 aromatic rings. The van der Waals surface area contributed by atoms with Crippen molar-refractivity contribution in [1.82, 2.24) is 5.32 Å². The van der Waals surface area contributed by atoms with Gasteiger partial charge in [-0.3, -0.25) is 14.9 Å². The first-order valence-electron chi connectivity index (χ1n) is 9.09. The fourth-order valence-corrected chi connectivity index (χ4v) is 3.04. The van der Waals surface area contributed by atoms with Crippen LogP contribution in [0.25, 0.3) is 0 Å². The molecule has 0 fully saturated rings. The van der Waals surface area contributed by atoms with Gasteiger partial charge in [-0.1, -0.05) is 36.4 Å². The SMILES string of the molecule is Cc1cc(NC(=S)NC(=O)c2ccccc2C)ccc1NC(=O)c1ccccc1. The predicted octanol–water partition coefficient (Wildman–Crippen LogP) is 4.68. The van der Waals surface area contributed by atoms with Crippen molar-refractivity contribution < 1.29 is 9.59 Å². The number of nitrogens with one attached hydrogen (secondary N) is 3. The highest BCUT2D eigenvalue weighted by atomic mass is 32.1. The second-order valence-corrected chi connectivity index (χ2v) is 6.98. The van der Waals surface area contributed by atoms with E-state index < -0.39 is 0 Å². The maximum Gasteiger partial charge on any atom is 0.257 e. The van der Waals surface area contributed by atoms with E-state index in [2.05, 4.69) is 16.0 Å². The summed E-state index contributed by atoms with van der Waals surface area (Å²) in [6.07, 6.45) is 0. The maximum absolute atomic E-state index is 12.4. The van der Waals surface area contributed by atoms with Crippen molar-refractivity contribution >= 4 is 40.5 Å². The monoisotopic (exact) mass is 403 g/mol. The van der Waals surface area contributed by atoms with Crippen LogP contribution in [0.4, 0.5) is 11.4 Å². The molecule has 6 heteroatoms. The zero-order valence-electron chi connectivity index (χ0n) is 16.2. The van der Waals surface area contributed by atoms with Gasteiger partial charge in [0.25, 0.3) is 11.8 Å². The summed E-state index contributed by atoms with van der Waals surface area (Å²) in [7, 11) is 0. The van der Waals surface area contributed by atoms with Crippen LogP contribution in [0.2, 0.25) is 0 Å². The van der Waals surface area contributed by atoms with E-state index in [4.69, 9.17) is 12.2 Å². The summed E-state index contributed by atoms with van der Waals surface area (Å²) in [5.74, 6) is -0.431. The van der Waals surface area contributed by atoms with Crippen LogP contribution >= 0.6 is 12.2 Å². The van der Waals surface area contributed by atoms with Crippen molar-refractivity contribution in [3.63, 3.8) is 0 Å². The van der Waals surface area contributed by atoms with Crippen molar-refractivity contribution in [2.45, 2.75) is 13.8 Å². The van der Waals surface area contributed by atoms with E-state index >= 15 is 0 Å². The van der Waals surface area contributed by atoms with Gasteiger partial charge in [0, 0.05) is 22.5 Å². The lowest BCUT2D eigenvalue weighted by atomic mass is 10.1. The Bertz CT molecular complexity index is 1060. The highest BCUT2D eigenvalue weighted by Gasteiger charge is 2.11. The molecule has 0 atom stereocenters. The van der Waals surface area contributed by atoms with Crippen LogP contribution in [-0.2, 0) is 0 Å². The minimum absolute atomic E-state index is 0.171. The van der Waals surface area contributed by atoms with Crippen LogP contribution in [0.5, 0.6) is 0 Å². The molecule has 0 radical (unpaired) electrons. The molecule has 0 aliphatic carbocycles. The summed E-state index contributed by atoms with van der Waals surface area (Å²) in [6, 6.07) is 21.8. The molecule has 0 saturated heterocycles. The zero-order valence-corrected chi connectivity index (χ0v) is 17.0. The second-order valence-electron chi connectivity index (χ2n) is 6.57. The Morgan fingerprint density at radius 3 is 2.14 bits per heavy atom. The number of rotatable bonds is 4. The van der Waals surface area contributed by atoms with E-state index in [1.165, 1.54) is 0 Å². The van der Waals surface area contributed by atoms with E-state index in [9.17, 15) is 9.59 Å². The van der Waals surface area contributed by atoms with E-state index in [0.717, 1.165) is 16.8 Å². The predicted molar refractivity (Wildman–Crippen MR) is 120 cm³/mol. The van der Waals surface area contributed by atoms with Gasteiger partial charge in [0.15, 0.2) is 5.11 Å². The van der Waals surface area contributed by atoms with Crippen LogP contribution < -0.4 is 16.0 Å². The third kappa shape index (κ3) is 5.27. The molecule has 0 bridgehead atoms.